The largest absolute Gasteiger partial charge is 0.375 e. The minimum atomic E-state index is 0.303. The molecule has 2 nitrogen and oxygen atoms in total. The van der Waals surface area contributed by atoms with Crippen LogP contribution in [0.1, 0.15) is 51.4 Å². The van der Waals surface area contributed by atoms with Crippen LogP contribution in [-0.2, 0) is 4.74 Å². The van der Waals surface area contributed by atoms with Gasteiger partial charge in [0.15, 0.2) is 0 Å². The Kier molecular flexibility index (Phi) is 4.21. The average molecular weight is 269 g/mol. The molecule has 3 unspecified atom stereocenters. The number of hydrogen-bond donors (Lipinski definition) is 1. The van der Waals surface area contributed by atoms with Gasteiger partial charge in [0, 0.05) is 17.9 Å². The quantitative estimate of drug-likeness (QED) is 0.850. The Morgan fingerprint density at radius 3 is 2.72 bits per heavy atom. The van der Waals surface area contributed by atoms with Crippen molar-refractivity contribution >= 4 is 11.8 Å². The van der Waals surface area contributed by atoms with Gasteiger partial charge in [0.05, 0.1) is 5.60 Å². The zero-order chi connectivity index (χ0) is 12.4. The van der Waals surface area contributed by atoms with Crippen LogP contribution in [0.25, 0.3) is 0 Å². The normalized spacial score (nSPS) is 37.2. The molecule has 18 heavy (non-hydrogen) atoms. The molecule has 1 N–H and O–H groups in total. The highest BCUT2D eigenvalue weighted by Crippen LogP contribution is 2.46. The molecule has 3 aliphatic rings. The van der Waals surface area contributed by atoms with Gasteiger partial charge in [0.1, 0.15) is 0 Å². The lowest BCUT2D eigenvalue weighted by molar-refractivity contribution is -0.147. The van der Waals surface area contributed by atoms with Crippen molar-refractivity contribution in [3.63, 3.8) is 0 Å². The Hall–Kier alpha value is 0.270. The van der Waals surface area contributed by atoms with E-state index in [9.17, 15) is 0 Å². The van der Waals surface area contributed by atoms with Gasteiger partial charge in [0.2, 0.25) is 0 Å². The third kappa shape index (κ3) is 2.59. The fourth-order valence-electron chi connectivity index (χ4n) is 4.07. The fraction of sp³-hybridized carbons (Fsp3) is 1.00. The van der Waals surface area contributed by atoms with E-state index in [-0.39, 0.29) is 0 Å². The van der Waals surface area contributed by atoms with Crippen LogP contribution in [-0.4, -0.2) is 36.3 Å². The number of ether oxygens (including phenoxy) is 1. The molecule has 0 radical (unpaired) electrons. The SMILES string of the molecule is CNC(C1CCOC2(CCC2)C1)C1CCCCS1. The lowest BCUT2D eigenvalue weighted by Crippen LogP contribution is -2.52. The number of thioether (sulfide) groups is 1. The fourth-order valence-corrected chi connectivity index (χ4v) is 5.64. The summed E-state index contributed by atoms with van der Waals surface area (Å²) in [5.74, 6) is 2.22. The van der Waals surface area contributed by atoms with Crippen molar-refractivity contribution in [2.75, 3.05) is 19.4 Å². The van der Waals surface area contributed by atoms with Gasteiger partial charge in [-0.2, -0.15) is 11.8 Å². The van der Waals surface area contributed by atoms with Crippen LogP contribution in [0.3, 0.4) is 0 Å². The lowest BCUT2D eigenvalue weighted by atomic mass is 9.70. The maximum atomic E-state index is 6.08. The van der Waals surface area contributed by atoms with Crippen LogP contribution in [0.5, 0.6) is 0 Å². The van der Waals surface area contributed by atoms with E-state index in [1.807, 2.05) is 0 Å². The van der Waals surface area contributed by atoms with E-state index < -0.39 is 0 Å². The molecule has 3 atom stereocenters. The zero-order valence-corrected chi connectivity index (χ0v) is 12.4. The minimum absolute atomic E-state index is 0.303. The lowest BCUT2D eigenvalue weighted by Gasteiger charge is -2.50. The van der Waals surface area contributed by atoms with Crippen LogP contribution in [0.15, 0.2) is 0 Å². The van der Waals surface area contributed by atoms with E-state index in [1.165, 1.54) is 57.1 Å². The molecular formula is C15H27NOS. The summed E-state index contributed by atoms with van der Waals surface area (Å²) in [6.07, 6.45) is 10.9. The molecule has 104 valence electrons. The van der Waals surface area contributed by atoms with Crippen molar-refractivity contribution < 1.29 is 4.74 Å². The van der Waals surface area contributed by atoms with Gasteiger partial charge >= 0.3 is 0 Å². The van der Waals surface area contributed by atoms with Gasteiger partial charge < -0.3 is 10.1 Å². The molecule has 2 aliphatic heterocycles. The number of nitrogens with one attached hydrogen (secondary N) is 1. The second-order valence-electron chi connectivity index (χ2n) is 6.36. The summed E-state index contributed by atoms with van der Waals surface area (Å²) in [4.78, 5) is 0. The first-order chi connectivity index (χ1) is 8.83. The molecule has 2 heterocycles. The molecule has 0 amide bonds. The van der Waals surface area contributed by atoms with Crippen LogP contribution in [0.4, 0.5) is 0 Å². The molecular weight excluding hydrogens is 242 g/mol. The van der Waals surface area contributed by atoms with E-state index in [0.717, 1.165) is 23.8 Å². The first-order valence-corrected chi connectivity index (χ1v) is 8.81. The first-order valence-electron chi connectivity index (χ1n) is 7.76. The Morgan fingerprint density at radius 2 is 2.11 bits per heavy atom. The summed E-state index contributed by atoms with van der Waals surface area (Å²) in [5, 5.41) is 4.50. The van der Waals surface area contributed by atoms with E-state index in [1.54, 1.807) is 0 Å². The van der Waals surface area contributed by atoms with Gasteiger partial charge in [-0.15, -0.1) is 0 Å². The van der Waals surface area contributed by atoms with Gasteiger partial charge in [-0.25, -0.2) is 0 Å². The topological polar surface area (TPSA) is 21.3 Å². The van der Waals surface area contributed by atoms with Crippen LogP contribution in [0, 0.1) is 5.92 Å². The third-order valence-electron chi connectivity index (χ3n) is 5.25. The van der Waals surface area contributed by atoms with Crippen molar-refractivity contribution in [2.24, 2.45) is 5.92 Å². The predicted octanol–water partition coefficient (Wildman–Crippen LogP) is 3.21. The van der Waals surface area contributed by atoms with Gasteiger partial charge in [-0.1, -0.05) is 6.42 Å². The molecule has 0 bridgehead atoms. The van der Waals surface area contributed by atoms with Crippen LogP contribution >= 0.6 is 11.8 Å². The molecule has 3 fully saturated rings. The van der Waals surface area contributed by atoms with Crippen molar-refractivity contribution in [3.8, 4) is 0 Å². The third-order valence-corrected chi connectivity index (χ3v) is 6.73. The summed E-state index contributed by atoms with van der Waals surface area (Å²) >= 11 is 2.21. The van der Waals surface area contributed by atoms with E-state index in [0.29, 0.717) is 5.60 Å². The summed E-state index contributed by atoms with van der Waals surface area (Å²) in [6.45, 7) is 1.00. The molecule has 3 rings (SSSR count). The Labute approximate surface area is 116 Å². The minimum Gasteiger partial charge on any atom is -0.375 e. The van der Waals surface area contributed by atoms with Crippen molar-refractivity contribution in [2.45, 2.75) is 68.3 Å². The first kappa shape index (κ1) is 13.3. The van der Waals surface area contributed by atoms with Crippen molar-refractivity contribution in [1.29, 1.82) is 0 Å². The Bertz CT molecular complexity index is 274. The summed E-state index contributed by atoms with van der Waals surface area (Å²) in [7, 11) is 2.17. The van der Waals surface area contributed by atoms with Crippen molar-refractivity contribution in [1.82, 2.24) is 5.32 Å². The Morgan fingerprint density at radius 1 is 1.22 bits per heavy atom. The van der Waals surface area contributed by atoms with Gasteiger partial charge in [-0.3, -0.25) is 0 Å². The standard InChI is InChI=1S/C15H27NOS/c1-16-14(13-5-2-3-10-18-13)12-6-9-17-15(11-12)7-4-8-15/h12-14,16H,2-11H2,1H3. The number of hydrogen-bond acceptors (Lipinski definition) is 3. The maximum absolute atomic E-state index is 6.08. The highest BCUT2D eigenvalue weighted by atomic mass is 32.2. The second kappa shape index (κ2) is 5.72. The molecule has 2 saturated heterocycles. The second-order valence-corrected chi connectivity index (χ2v) is 7.70. The van der Waals surface area contributed by atoms with Crippen molar-refractivity contribution in [3.05, 3.63) is 0 Å². The van der Waals surface area contributed by atoms with Crippen LogP contribution < -0.4 is 5.32 Å². The molecule has 0 aromatic rings. The summed E-state index contributed by atoms with van der Waals surface area (Å²) < 4.78 is 6.08. The highest BCUT2D eigenvalue weighted by Gasteiger charge is 2.45. The molecule has 3 heteroatoms. The Balaban J connectivity index is 1.63. The predicted molar refractivity (Wildman–Crippen MR) is 78.2 cm³/mol. The zero-order valence-electron chi connectivity index (χ0n) is 11.6. The molecule has 1 spiro atoms. The van der Waals surface area contributed by atoms with E-state index in [2.05, 4.69) is 24.1 Å². The average Bonchev–Trinajstić information content (AvgIpc) is 2.39. The molecule has 0 aromatic heterocycles. The van der Waals surface area contributed by atoms with E-state index in [4.69, 9.17) is 4.74 Å². The summed E-state index contributed by atoms with van der Waals surface area (Å²) in [6, 6.07) is 0.719. The maximum Gasteiger partial charge on any atom is 0.0685 e. The van der Waals surface area contributed by atoms with E-state index >= 15 is 0 Å². The molecule has 0 aromatic carbocycles. The molecule has 1 aliphatic carbocycles. The summed E-state index contributed by atoms with van der Waals surface area (Å²) in [5.41, 5.74) is 0.303. The van der Waals surface area contributed by atoms with Crippen LogP contribution in [0.2, 0.25) is 0 Å². The van der Waals surface area contributed by atoms with Gasteiger partial charge in [0.25, 0.3) is 0 Å². The van der Waals surface area contributed by atoms with Gasteiger partial charge in [-0.05, 0) is 63.7 Å². The molecule has 1 saturated carbocycles. The smallest absolute Gasteiger partial charge is 0.0685 e. The monoisotopic (exact) mass is 269 g/mol. The highest BCUT2D eigenvalue weighted by molar-refractivity contribution is 8.00. The number of rotatable bonds is 3.